The number of nitrogens with zero attached hydrogens (tertiary/aromatic N) is 3. The van der Waals surface area contributed by atoms with Crippen molar-refractivity contribution in [2.24, 2.45) is 0 Å². The second-order valence-corrected chi connectivity index (χ2v) is 7.14. The van der Waals surface area contributed by atoms with Crippen LogP contribution >= 0.6 is 0 Å². The van der Waals surface area contributed by atoms with Gasteiger partial charge >= 0.3 is 5.97 Å². The van der Waals surface area contributed by atoms with Crippen molar-refractivity contribution < 1.29 is 14.3 Å². The van der Waals surface area contributed by atoms with Gasteiger partial charge in [-0.15, -0.1) is 0 Å². The molecule has 1 aliphatic rings. The van der Waals surface area contributed by atoms with Gasteiger partial charge in [0, 0.05) is 31.3 Å². The van der Waals surface area contributed by atoms with E-state index >= 15 is 0 Å². The Morgan fingerprint density at radius 1 is 1.14 bits per heavy atom. The highest BCUT2D eigenvalue weighted by Gasteiger charge is 2.20. The van der Waals surface area contributed by atoms with E-state index in [1.165, 1.54) is 10.5 Å². The van der Waals surface area contributed by atoms with Crippen LogP contribution in [0.25, 0.3) is 5.65 Å². The highest BCUT2D eigenvalue weighted by molar-refractivity contribution is 5.89. The van der Waals surface area contributed by atoms with Crippen molar-refractivity contribution in [2.45, 2.75) is 32.9 Å². The summed E-state index contributed by atoms with van der Waals surface area (Å²) in [6.07, 6.45) is 1.46. The van der Waals surface area contributed by atoms with Gasteiger partial charge in [-0.2, -0.15) is 0 Å². The molecule has 29 heavy (non-hydrogen) atoms. The first-order chi connectivity index (χ1) is 14.0. The second-order valence-electron chi connectivity index (χ2n) is 7.14. The Morgan fingerprint density at radius 3 is 2.76 bits per heavy atom. The molecule has 1 amide bonds. The van der Waals surface area contributed by atoms with E-state index in [9.17, 15) is 14.4 Å². The van der Waals surface area contributed by atoms with E-state index in [4.69, 9.17) is 4.74 Å². The van der Waals surface area contributed by atoms with Crippen LogP contribution in [0.3, 0.4) is 0 Å². The minimum atomic E-state index is -0.495. The Bertz CT molecular complexity index is 1150. The number of hydrogen-bond donors (Lipinski definition) is 0. The number of likely N-dealkylation sites (tertiary alicyclic amines) is 1. The lowest BCUT2D eigenvalue weighted by atomic mass is 10.1. The lowest BCUT2D eigenvalue weighted by Crippen LogP contribution is -2.24. The second kappa shape index (κ2) is 7.87. The molecule has 0 radical (unpaired) electrons. The Kier molecular flexibility index (Phi) is 5.12. The number of esters is 1. The van der Waals surface area contributed by atoms with Crippen LogP contribution in [0.1, 0.15) is 40.2 Å². The minimum absolute atomic E-state index is 0.0899. The summed E-state index contributed by atoms with van der Waals surface area (Å²) in [5.41, 5.74) is 2.77. The number of carbonyl (C=O) groups is 2. The Labute approximate surface area is 167 Å². The van der Waals surface area contributed by atoms with E-state index in [1.54, 1.807) is 29.2 Å². The molecule has 0 unspecified atom stereocenters. The largest absolute Gasteiger partial charge is 0.456 e. The third-order valence-corrected chi connectivity index (χ3v) is 4.99. The number of rotatable bonds is 5. The molecule has 0 saturated carbocycles. The predicted octanol–water partition coefficient (Wildman–Crippen LogP) is 2.48. The van der Waals surface area contributed by atoms with E-state index < -0.39 is 5.97 Å². The standard InChI is InChI=1S/C22H21N3O4/c1-15-5-2-8-19-23-18(12-21(27)25(15)19)14-29-22(28)17-7-3-6-16(11-17)13-24-10-4-9-20(24)26/h2-3,5-8,11-12H,4,9-10,13-14H2,1H3. The fourth-order valence-corrected chi connectivity index (χ4v) is 3.55. The zero-order valence-electron chi connectivity index (χ0n) is 16.1. The van der Waals surface area contributed by atoms with E-state index in [-0.39, 0.29) is 18.1 Å². The van der Waals surface area contributed by atoms with Gasteiger partial charge in [0.15, 0.2) is 0 Å². The Balaban J connectivity index is 1.46. The highest BCUT2D eigenvalue weighted by atomic mass is 16.5. The Hall–Kier alpha value is -3.48. The first-order valence-electron chi connectivity index (χ1n) is 9.53. The molecule has 0 aliphatic carbocycles. The molecule has 148 valence electrons. The molecule has 2 aromatic heterocycles. The molecule has 0 N–H and O–H groups in total. The third kappa shape index (κ3) is 4.03. The van der Waals surface area contributed by atoms with Gasteiger partial charge in [0.05, 0.1) is 11.3 Å². The van der Waals surface area contributed by atoms with Crippen LogP contribution < -0.4 is 5.56 Å². The lowest BCUT2D eigenvalue weighted by molar-refractivity contribution is -0.128. The average Bonchev–Trinajstić information content (AvgIpc) is 3.10. The molecule has 3 heterocycles. The molecule has 7 heteroatoms. The third-order valence-electron chi connectivity index (χ3n) is 4.99. The first-order valence-corrected chi connectivity index (χ1v) is 9.53. The molecular formula is C22H21N3O4. The van der Waals surface area contributed by atoms with E-state index in [2.05, 4.69) is 4.98 Å². The molecular weight excluding hydrogens is 370 g/mol. The van der Waals surface area contributed by atoms with Gasteiger partial charge in [-0.05, 0) is 43.2 Å². The molecule has 0 bridgehead atoms. The number of fused-ring (bicyclic) bond motifs is 1. The van der Waals surface area contributed by atoms with Crippen molar-refractivity contribution in [1.29, 1.82) is 0 Å². The van der Waals surface area contributed by atoms with Crippen LogP contribution in [0.2, 0.25) is 0 Å². The molecule has 3 aromatic rings. The van der Waals surface area contributed by atoms with Crippen LogP contribution in [-0.2, 0) is 22.7 Å². The number of ether oxygens (including phenoxy) is 1. The number of benzene rings is 1. The van der Waals surface area contributed by atoms with Crippen LogP contribution in [0, 0.1) is 6.92 Å². The number of aromatic nitrogens is 2. The summed E-state index contributed by atoms with van der Waals surface area (Å²) in [7, 11) is 0. The van der Waals surface area contributed by atoms with Crippen LogP contribution in [0.4, 0.5) is 0 Å². The molecule has 7 nitrogen and oxygen atoms in total. The average molecular weight is 391 g/mol. The molecule has 1 aliphatic heterocycles. The van der Waals surface area contributed by atoms with Gasteiger partial charge in [0.1, 0.15) is 12.3 Å². The summed E-state index contributed by atoms with van der Waals surface area (Å²) in [6.45, 7) is 2.98. The van der Waals surface area contributed by atoms with Gasteiger partial charge in [-0.3, -0.25) is 14.0 Å². The summed E-state index contributed by atoms with van der Waals surface area (Å²) < 4.78 is 6.87. The van der Waals surface area contributed by atoms with Gasteiger partial charge in [-0.1, -0.05) is 18.2 Å². The topological polar surface area (TPSA) is 81.0 Å². The van der Waals surface area contributed by atoms with Crippen molar-refractivity contribution in [3.8, 4) is 0 Å². The Morgan fingerprint density at radius 2 is 1.97 bits per heavy atom. The fraction of sp³-hybridized carbons (Fsp3) is 0.273. The highest BCUT2D eigenvalue weighted by Crippen LogP contribution is 2.16. The van der Waals surface area contributed by atoms with E-state index in [0.717, 1.165) is 24.2 Å². The normalized spacial score (nSPS) is 13.8. The summed E-state index contributed by atoms with van der Waals surface area (Å²) in [6, 6.07) is 13.8. The molecule has 1 fully saturated rings. The summed E-state index contributed by atoms with van der Waals surface area (Å²) in [4.78, 5) is 42.8. The number of aryl methyl sites for hydroxylation is 1. The molecule has 1 saturated heterocycles. The quantitative estimate of drug-likeness (QED) is 0.624. The van der Waals surface area contributed by atoms with Gasteiger partial charge in [0.25, 0.3) is 5.56 Å². The van der Waals surface area contributed by atoms with Gasteiger partial charge < -0.3 is 9.64 Å². The molecule has 0 atom stereocenters. The minimum Gasteiger partial charge on any atom is -0.456 e. The monoisotopic (exact) mass is 391 g/mol. The van der Waals surface area contributed by atoms with Crippen molar-refractivity contribution in [2.75, 3.05) is 6.54 Å². The summed E-state index contributed by atoms with van der Waals surface area (Å²) in [5, 5.41) is 0. The summed E-state index contributed by atoms with van der Waals surface area (Å²) in [5.74, 6) is -0.354. The van der Waals surface area contributed by atoms with Gasteiger partial charge in [-0.25, -0.2) is 9.78 Å². The first kappa shape index (κ1) is 18.9. The maximum Gasteiger partial charge on any atom is 0.338 e. The maximum atomic E-state index is 12.5. The van der Waals surface area contributed by atoms with E-state index in [0.29, 0.717) is 29.9 Å². The predicted molar refractivity (Wildman–Crippen MR) is 106 cm³/mol. The molecule has 4 rings (SSSR count). The van der Waals surface area contributed by atoms with Crippen molar-refractivity contribution in [3.63, 3.8) is 0 Å². The SMILES string of the molecule is Cc1cccc2nc(COC(=O)c3cccc(CN4CCCC4=O)c3)cc(=O)n12. The number of amides is 1. The fourth-order valence-electron chi connectivity index (χ4n) is 3.55. The van der Waals surface area contributed by atoms with Crippen LogP contribution in [0.5, 0.6) is 0 Å². The van der Waals surface area contributed by atoms with E-state index in [1.807, 2.05) is 25.1 Å². The lowest BCUT2D eigenvalue weighted by Gasteiger charge is -2.15. The smallest absolute Gasteiger partial charge is 0.338 e. The zero-order valence-corrected chi connectivity index (χ0v) is 16.1. The number of hydrogen-bond acceptors (Lipinski definition) is 5. The number of carbonyl (C=O) groups excluding carboxylic acids is 2. The van der Waals surface area contributed by atoms with Crippen molar-refractivity contribution in [3.05, 3.63) is 81.4 Å². The molecule has 0 spiro atoms. The molecule has 1 aromatic carbocycles. The summed E-state index contributed by atoms with van der Waals surface area (Å²) >= 11 is 0. The van der Waals surface area contributed by atoms with Crippen molar-refractivity contribution in [1.82, 2.24) is 14.3 Å². The maximum absolute atomic E-state index is 12.5. The van der Waals surface area contributed by atoms with Crippen molar-refractivity contribution >= 4 is 17.5 Å². The number of pyridine rings is 1. The zero-order chi connectivity index (χ0) is 20.4. The van der Waals surface area contributed by atoms with Gasteiger partial charge in [0.2, 0.25) is 5.91 Å². The van der Waals surface area contributed by atoms with Crippen LogP contribution in [-0.4, -0.2) is 32.7 Å². The van der Waals surface area contributed by atoms with Crippen LogP contribution in [0.15, 0.2) is 53.3 Å².